The fourth-order valence-electron chi connectivity index (χ4n) is 4.84. The van der Waals surface area contributed by atoms with E-state index in [9.17, 15) is 19.2 Å². The predicted octanol–water partition coefficient (Wildman–Crippen LogP) is 1.21. The molecule has 0 radical (unpaired) electrons. The number of benzene rings is 1. The first-order chi connectivity index (χ1) is 22.1. The van der Waals surface area contributed by atoms with Gasteiger partial charge in [0, 0.05) is 38.2 Å². The van der Waals surface area contributed by atoms with Crippen molar-refractivity contribution in [2.24, 2.45) is 7.05 Å². The molecule has 0 bridgehead atoms. The summed E-state index contributed by atoms with van der Waals surface area (Å²) in [6.07, 6.45) is 6.94. The summed E-state index contributed by atoms with van der Waals surface area (Å²) in [7, 11) is 5.20. The smallest absolute Gasteiger partial charge is 0.348 e. The molecule has 0 unspecified atom stereocenters. The monoisotopic (exact) mass is 668 g/mol. The zero-order chi connectivity index (χ0) is 35.1. The average Bonchev–Trinajstić information content (AvgIpc) is 3.04. The molecule has 1 fully saturated rings. The maximum Gasteiger partial charge on any atom is 0.355 e. The summed E-state index contributed by atoms with van der Waals surface area (Å²) < 4.78 is 4.80. The fraction of sp³-hybridized carbons (Fsp3) is 0.500. The van der Waals surface area contributed by atoms with Gasteiger partial charge in [-0.05, 0) is 26.0 Å². The van der Waals surface area contributed by atoms with Crippen molar-refractivity contribution in [3.63, 3.8) is 0 Å². The lowest BCUT2D eigenvalue weighted by Crippen LogP contribution is -2.45. The zero-order valence-corrected chi connectivity index (χ0v) is 29.0. The Labute approximate surface area is 276 Å². The van der Waals surface area contributed by atoms with Crippen LogP contribution in [0.1, 0.15) is 70.4 Å². The zero-order valence-electron chi connectivity index (χ0n) is 28.2. The van der Waals surface area contributed by atoms with Gasteiger partial charge in [-0.3, -0.25) is 14.2 Å². The van der Waals surface area contributed by atoms with Crippen molar-refractivity contribution in [2.75, 3.05) is 36.9 Å². The SMILES string of the molecule is CN(C)c1nc(=O)n(C2CCCCC2)c(=O)n1C.CSc1nnc(C(C)(C)C)c(=O)n1N.Cc1nnc(-c2ccccc2)c(=O)n1N. The first-order valence-corrected chi connectivity index (χ1v) is 16.3. The Morgan fingerprint density at radius 3 is 2.04 bits per heavy atom. The molecular formula is C30H44N12O4S. The van der Waals surface area contributed by atoms with E-state index < -0.39 is 5.69 Å². The van der Waals surface area contributed by atoms with Gasteiger partial charge >= 0.3 is 11.4 Å². The molecule has 254 valence electrons. The van der Waals surface area contributed by atoms with Gasteiger partial charge in [-0.25, -0.2) is 18.8 Å². The van der Waals surface area contributed by atoms with E-state index in [0.29, 0.717) is 28.2 Å². The van der Waals surface area contributed by atoms with Crippen molar-refractivity contribution in [3.05, 3.63) is 83.5 Å². The Bertz CT molecular complexity index is 1900. The van der Waals surface area contributed by atoms with E-state index in [1.165, 1.54) is 27.3 Å². The van der Waals surface area contributed by atoms with Crippen LogP contribution >= 0.6 is 11.8 Å². The molecule has 1 aliphatic carbocycles. The van der Waals surface area contributed by atoms with Gasteiger partial charge in [0.1, 0.15) is 5.69 Å². The lowest BCUT2D eigenvalue weighted by atomic mass is 9.93. The van der Waals surface area contributed by atoms with Crippen LogP contribution in [0.4, 0.5) is 5.95 Å². The van der Waals surface area contributed by atoms with Gasteiger partial charge in [-0.2, -0.15) is 9.66 Å². The molecular weight excluding hydrogens is 624 g/mol. The summed E-state index contributed by atoms with van der Waals surface area (Å²) in [5, 5.41) is 15.8. The summed E-state index contributed by atoms with van der Waals surface area (Å²) in [6.45, 7) is 7.33. The summed E-state index contributed by atoms with van der Waals surface area (Å²) in [5.41, 5.74) is -0.261. The molecule has 0 atom stereocenters. The predicted molar refractivity (Wildman–Crippen MR) is 184 cm³/mol. The largest absolute Gasteiger partial charge is 0.355 e. The van der Waals surface area contributed by atoms with Crippen molar-refractivity contribution >= 4 is 17.7 Å². The molecule has 1 saturated carbocycles. The van der Waals surface area contributed by atoms with Crippen molar-refractivity contribution in [1.29, 1.82) is 0 Å². The van der Waals surface area contributed by atoms with Gasteiger partial charge in [-0.1, -0.05) is 82.1 Å². The number of hydrogen-bond acceptors (Lipinski definition) is 13. The molecule has 1 aliphatic rings. The number of thioether (sulfide) groups is 1. The molecule has 47 heavy (non-hydrogen) atoms. The molecule has 16 nitrogen and oxygen atoms in total. The molecule has 5 rings (SSSR count). The van der Waals surface area contributed by atoms with E-state index in [1.807, 2.05) is 39.0 Å². The Hall–Kier alpha value is -4.80. The molecule has 3 heterocycles. The summed E-state index contributed by atoms with van der Waals surface area (Å²) in [5.74, 6) is 11.9. The van der Waals surface area contributed by atoms with Gasteiger partial charge in [0.15, 0.2) is 11.5 Å². The Balaban J connectivity index is 0.000000193. The van der Waals surface area contributed by atoms with E-state index in [1.54, 1.807) is 51.4 Å². The first kappa shape index (κ1) is 36.7. The second kappa shape index (κ2) is 15.7. The van der Waals surface area contributed by atoms with E-state index in [4.69, 9.17) is 11.7 Å². The number of anilines is 1. The third-order valence-corrected chi connectivity index (χ3v) is 8.05. The highest BCUT2D eigenvalue weighted by Gasteiger charge is 2.23. The maximum absolute atomic E-state index is 12.3. The number of hydrogen-bond donors (Lipinski definition) is 2. The number of aryl methyl sites for hydroxylation is 1. The van der Waals surface area contributed by atoms with Crippen LogP contribution in [0.2, 0.25) is 0 Å². The Morgan fingerprint density at radius 1 is 0.872 bits per heavy atom. The molecule has 1 aromatic carbocycles. The first-order valence-electron chi connectivity index (χ1n) is 15.0. The van der Waals surface area contributed by atoms with Crippen LogP contribution in [0.25, 0.3) is 11.3 Å². The average molecular weight is 669 g/mol. The van der Waals surface area contributed by atoms with Gasteiger partial charge < -0.3 is 16.6 Å². The molecule has 0 aliphatic heterocycles. The van der Waals surface area contributed by atoms with Crippen LogP contribution in [-0.2, 0) is 12.5 Å². The number of nitrogen functional groups attached to an aromatic ring is 2. The van der Waals surface area contributed by atoms with Crippen LogP contribution in [0.5, 0.6) is 0 Å². The van der Waals surface area contributed by atoms with Gasteiger partial charge in [0.25, 0.3) is 11.1 Å². The number of rotatable bonds is 4. The van der Waals surface area contributed by atoms with Crippen molar-refractivity contribution in [1.82, 2.24) is 43.9 Å². The van der Waals surface area contributed by atoms with Crippen LogP contribution in [0, 0.1) is 6.92 Å². The highest BCUT2D eigenvalue weighted by Crippen LogP contribution is 2.25. The molecule has 17 heteroatoms. The third kappa shape index (κ3) is 8.72. The van der Waals surface area contributed by atoms with Crippen LogP contribution in [0.3, 0.4) is 0 Å². The maximum atomic E-state index is 12.3. The lowest BCUT2D eigenvalue weighted by molar-refractivity contribution is 0.326. The van der Waals surface area contributed by atoms with Gasteiger partial charge in [-0.15, -0.1) is 20.4 Å². The topological polar surface area (TPSA) is 208 Å². The molecule has 4 N–H and O–H groups in total. The normalized spacial score (nSPS) is 13.2. The van der Waals surface area contributed by atoms with Crippen LogP contribution in [-0.4, -0.2) is 64.2 Å². The Morgan fingerprint density at radius 2 is 1.49 bits per heavy atom. The fourth-order valence-corrected chi connectivity index (χ4v) is 5.24. The Kier molecular flexibility index (Phi) is 12.2. The summed E-state index contributed by atoms with van der Waals surface area (Å²) in [4.78, 5) is 53.4. The molecule has 0 spiro atoms. The van der Waals surface area contributed by atoms with Crippen LogP contribution < -0.4 is 39.1 Å². The molecule has 0 amide bonds. The number of nitrogens with zero attached hydrogens (tertiary/aromatic N) is 10. The van der Waals surface area contributed by atoms with E-state index in [2.05, 4.69) is 25.4 Å². The molecule has 3 aromatic heterocycles. The minimum Gasteiger partial charge on any atom is -0.348 e. The third-order valence-electron chi connectivity index (χ3n) is 7.40. The van der Waals surface area contributed by atoms with E-state index >= 15 is 0 Å². The van der Waals surface area contributed by atoms with Crippen molar-refractivity contribution < 1.29 is 0 Å². The lowest BCUT2D eigenvalue weighted by Gasteiger charge is -2.24. The van der Waals surface area contributed by atoms with E-state index in [0.717, 1.165) is 35.0 Å². The van der Waals surface area contributed by atoms with Crippen molar-refractivity contribution in [2.45, 2.75) is 76.4 Å². The minimum absolute atomic E-state index is 0.0219. The molecule has 0 saturated heterocycles. The van der Waals surface area contributed by atoms with Crippen LogP contribution in [0.15, 0.2) is 54.7 Å². The molecule has 4 aromatic rings. The number of aromatic nitrogens is 9. The highest BCUT2D eigenvalue weighted by atomic mass is 32.2. The van der Waals surface area contributed by atoms with Gasteiger partial charge in [0.2, 0.25) is 11.1 Å². The highest BCUT2D eigenvalue weighted by molar-refractivity contribution is 7.98. The quantitative estimate of drug-likeness (QED) is 0.232. The second-order valence-corrected chi connectivity index (χ2v) is 13.0. The standard InChI is InChI=1S/C12H20N4O2.C10H10N4O.C8H14N4OS/c1-14(2)10-13-11(17)16(12(18)15(10)3)9-7-5-4-6-8-9;1-7-12-13-9(10(15)14(7)11)8-5-3-2-4-6-8;1-8(2,3)5-6(13)12(9)7(14-4)11-10-5/h9H,4-8H2,1-3H3;2-6H,11H2,1H3;9H2,1-4H3. The van der Waals surface area contributed by atoms with E-state index in [-0.39, 0.29) is 34.0 Å². The van der Waals surface area contributed by atoms with Crippen molar-refractivity contribution in [3.8, 4) is 11.3 Å². The minimum atomic E-state index is -0.423. The summed E-state index contributed by atoms with van der Waals surface area (Å²) >= 11 is 1.29. The second-order valence-electron chi connectivity index (χ2n) is 12.2. The summed E-state index contributed by atoms with van der Waals surface area (Å²) in [6, 6.07) is 9.13. The number of nitrogens with two attached hydrogens (primary N) is 2. The van der Waals surface area contributed by atoms with Gasteiger partial charge in [0.05, 0.1) is 0 Å².